The fourth-order valence-electron chi connectivity index (χ4n) is 2.73. The summed E-state index contributed by atoms with van der Waals surface area (Å²) in [5.74, 6) is -0.306. The Morgan fingerprint density at radius 1 is 0.727 bits per heavy atom. The Bertz CT molecular complexity index is 974. The molecule has 4 aromatic rings. The molecule has 0 atom stereocenters. The Morgan fingerprint density at radius 3 is 2.41 bits per heavy atom. The van der Waals surface area contributed by atoms with Crippen molar-refractivity contribution in [2.45, 2.75) is 0 Å². The Balaban J connectivity index is 1.88. The quantitative estimate of drug-likeness (QED) is 0.543. The molecular formula is C19H13FN2. The van der Waals surface area contributed by atoms with Crippen LogP contribution in [0.2, 0.25) is 0 Å². The molecule has 0 bridgehead atoms. The Morgan fingerprint density at radius 2 is 1.45 bits per heavy atom. The van der Waals surface area contributed by atoms with Crippen LogP contribution in [0.15, 0.2) is 72.9 Å². The molecule has 0 spiro atoms. The number of fused-ring (bicyclic) bond motifs is 2. The van der Waals surface area contributed by atoms with Crippen molar-refractivity contribution in [1.29, 1.82) is 0 Å². The van der Waals surface area contributed by atoms with E-state index in [9.17, 15) is 4.39 Å². The van der Waals surface area contributed by atoms with Crippen molar-refractivity contribution in [3.05, 3.63) is 78.7 Å². The van der Waals surface area contributed by atoms with Crippen LogP contribution >= 0.6 is 0 Å². The molecule has 0 aliphatic carbocycles. The highest BCUT2D eigenvalue weighted by Crippen LogP contribution is 2.30. The van der Waals surface area contributed by atoms with E-state index < -0.39 is 0 Å². The zero-order valence-corrected chi connectivity index (χ0v) is 11.8. The number of anilines is 2. The topological polar surface area (TPSA) is 24.9 Å². The van der Waals surface area contributed by atoms with Gasteiger partial charge in [-0.1, -0.05) is 48.5 Å². The van der Waals surface area contributed by atoms with Crippen molar-refractivity contribution in [3.8, 4) is 0 Å². The maximum atomic E-state index is 13.9. The van der Waals surface area contributed by atoms with E-state index in [0.717, 1.165) is 27.5 Å². The molecule has 2 nitrogen and oxygen atoms in total. The van der Waals surface area contributed by atoms with Gasteiger partial charge in [-0.05, 0) is 23.6 Å². The molecule has 3 aromatic carbocycles. The number of nitrogens with zero attached hydrogens (tertiary/aromatic N) is 1. The zero-order chi connectivity index (χ0) is 14.9. The molecule has 1 aromatic heterocycles. The second-order valence-electron chi connectivity index (χ2n) is 5.15. The molecule has 0 fully saturated rings. The monoisotopic (exact) mass is 288 g/mol. The molecule has 22 heavy (non-hydrogen) atoms. The highest BCUT2D eigenvalue weighted by atomic mass is 19.1. The number of para-hydroxylation sites is 1. The van der Waals surface area contributed by atoms with Crippen LogP contribution in [0.5, 0.6) is 0 Å². The van der Waals surface area contributed by atoms with Crippen molar-refractivity contribution in [3.63, 3.8) is 0 Å². The average molecular weight is 288 g/mol. The van der Waals surface area contributed by atoms with Gasteiger partial charge >= 0.3 is 0 Å². The van der Waals surface area contributed by atoms with Crippen LogP contribution in [0, 0.1) is 5.82 Å². The van der Waals surface area contributed by atoms with Gasteiger partial charge in [-0.15, -0.1) is 0 Å². The molecule has 0 aliphatic rings. The van der Waals surface area contributed by atoms with Crippen LogP contribution in [0.25, 0.3) is 21.7 Å². The summed E-state index contributed by atoms with van der Waals surface area (Å²) in [6.07, 6.45) is 1.62. The molecular weight excluding hydrogens is 275 g/mol. The van der Waals surface area contributed by atoms with E-state index >= 15 is 0 Å². The van der Waals surface area contributed by atoms with E-state index in [1.165, 1.54) is 6.07 Å². The third-order valence-electron chi connectivity index (χ3n) is 3.78. The van der Waals surface area contributed by atoms with Gasteiger partial charge < -0.3 is 5.32 Å². The van der Waals surface area contributed by atoms with Gasteiger partial charge in [-0.3, -0.25) is 4.98 Å². The third kappa shape index (κ3) is 2.07. The second kappa shape index (κ2) is 5.11. The van der Waals surface area contributed by atoms with Crippen LogP contribution in [0.1, 0.15) is 0 Å². The number of aromatic nitrogens is 1. The van der Waals surface area contributed by atoms with E-state index in [1.54, 1.807) is 12.3 Å². The smallest absolute Gasteiger partial charge is 0.149 e. The first-order chi connectivity index (χ1) is 10.8. The van der Waals surface area contributed by atoms with E-state index in [1.807, 2.05) is 36.4 Å². The fourth-order valence-corrected chi connectivity index (χ4v) is 2.73. The highest BCUT2D eigenvalue weighted by molar-refractivity contribution is 5.99. The molecule has 106 valence electrons. The van der Waals surface area contributed by atoms with Crippen molar-refractivity contribution in [2.24, 2.45) is 0 Å². The number of halogens is 1. The summed E-state index contributed by atoms with van der Waals surface area (Å²) < 4.78 is 13.9. The van der Waals surface area contributed by atoms with Crippen molar-refractivity contribution >= 4 is 33.1 Å². The molecule has 0 saturated heterocycles. The van der Waals surface area contributed by atoms with Gasteiger partial charge in [0.05, 0.1) is 0 Å². The summed E-state index contributed by atoms with van der Waals surface area (Å²) in [6, 6.07) is 21.1. The normalized spacial score (nSPS) is 11.0. The molecule has 1 N–H and O–H groups in total. The minimum atomic E-state index is -0.306. The molecule has 4 rings (SSSR count). The molecule has 0 amide bonds. The molecule has 0 radical (unpaired) electrons. The van der Waals surface area contributed by atoms with Gasteiger partial charge in [-0.25, -0.2) is 4.39 Å². The maximum Gasteiger partial charge on any atom is 0.149 e. The lowest BCUT2D eigenvalue weighted by molar-refractivity contribution is 0.637. The minimum absolute atomic E-state index is 0.306. The van der Waals surface area contributed by atoms with Crippen LogP contribution in [0.4, 0.5) is 15.8 Å². The number of hydrogen-bond donors (Lipinski definition) is 1. The Hall–Kier alpha value is -2.94. The zero-order valence-electron chi connectivity index (χ0n) is 11.8. The summed E-state index contributed by atoms with van der Waals surface area (Å²) >= 11 is 0. The van der Waals surface area contributed by atoms with Gasteiger partial charge in [0.1, 0.15) is 11.3 Å². The summed E-state index contributed by atoms with van der Waals surface area (Å²) in [5, 5.41) is 6.48. The van der Waals surface area contributed by atoms with Crippen molar-refractivity contribution in [2.75, 3.05) is 5.32 Å². The van der Waals surface area contributed by atoms with Gasteiger partial charge in [0.2, 0.25) is 0 Å². The summed E-state index contributed by atoms with van der Waals surface area (Å²) in [5.41, 5.74) is 2.23. The summed E-state index contributed by atoms with van der Waals surface area (Å²) in [4.78, 5) is 4.13. The largest absolute Gasteiger partial charge is 0.354 e. The Labute approximate surface area is 127 Å². The van der Waals surface area contributed by atoms with Gasteiger partial charge in [0.25, 0.3) is 0 Å². The first-order valence-electron chi connectivity index (χ1n) is 7.11. The van der Waals surface area contributed by atoms with E-state index in [-0.39, 0.29) is 5.82 Å². The fraction of sp³-hybridized carbons (Fsp3) is 0. The molecule has 0 unspecified atom stereocenters. The van der Waals surface area contributed by atoms with E-state index in [2.05, 4.69) is 28.5 Å². The summed E-state index contributed by atoms with van der Waals surface area (Å²) in [6.45, 7) is 0. The molecule has 0 saturated carbocycles. The average Bonchev–Trinajstić information content (AvgIpc) is 2.56. The maximum absolute atomic E-state index is 13.9. The first-order valence-corrected chi connectivity index (χ1v) is 7.11. The first kappa shape index (κ1) is 12.8. The van der Waals surface area contributed by atoms with Crippen LogP contribution in [0.3, 0.4) is 0 Å². The van der Waals surface area contributed by atoms with Crippen molar-refractivity contribution < 1.29 is 4.39 Å². The number of nitrogens with one attached hydrogen (secondary N) is 1. The SMILES string of the molecule is Fc1cccc2c(Nc3cccc4ccccc34)ccnc12. The minimum Gasteiger partial charge on any atom is -0.354 e. The van der Waals surface area contributed by atoms with Crippen LogP contribution in [-0.2, 0) is 0 Å². The van der Waals surface area contributed by atoms with Crippen molar-refractivity contribution in [1.82, 2.24) is 4.98 Å². The lowest BCUT2D eigenvalue weighted by Crippen LogP contribution is -1.94. The standard InChI is InChI=1S/C19H13FN2/c20-16-9-4-8-15-18(11-12-21-19(15)16)22-17-10-3-6-13-5-1-2-7-14(13)17/h1-12H,(H,21,22). The highest BCUT2D eigenvalue weighted by Gasteiger charge is 2.07. The van der Waals surface area contributed by atoms with Gasteiger partial charge in [0.15, 0.2) is 0 Å². The van der Waals surface area contributed by atoms with E-state index in [0.29, 0.717) is 5.52 Å². The van der Waals surface area contributed by atoms with Crippen LogP contribution in [-0.4, -0.2) is 4.98 Å². The lowest BCUT2D eigenvalue weighted by atomic mass is 10.1. The van der Waals surface area contributed by atoms with E-state index in [4.69, 9.17) is 0 Å². The lowest BCUT2D eigenvalue weighted by Gasteiger charge is -2.12. The second-order valence-corrected chi connectivity index (χ2v) is 5.15. The number of hydrogen-bond acceptors (Lipinski definition) is 2. The summed E-state index contributed by atoms with van der Waals surface area (Å²) in [7, 11) is 0. The third-order valence-corrected chi connectivity index (χ3v) is 3.78. The molecule has 0 aliphatic heterocycles. The number of benzene rings is 3. The Kier molecular flexibility index (Phi) is 2.97. The van der Waals surface area contributed by atoms with Crippen LogP contribution < -0.4 is 5.32 Å². The van der Waals surface area contributed by atoms with Gasteiger partial charge in [-0.2, -0.15) is 0 Å². The number of rotatable bonds is 2. The predicted octanol–water partition coefficient (Wildman–Crippen LogP) is 5.27. The molecule has 3 heteroatoms. The predicted molar refractivity (Wildman–Crippen MR) is 88.9 cm³/mol. The molecule has 1 heterocycles. The number of pyridine rings is 1. The van der Waals surface area contributed by atoms with Gasteiger partial charge in [0, 0.05) is 28.3 Å².